The van der Waals surface area contributed by atoms with E-state index in [0.717, 1.165) is 4.88 Å². The zero-order valence-electron chi connectivity index (χ0n) is 11.7. The first-order valence-corrected chi connectivity index (χ1v) is 7.66. The van der Waals surface area contributed by atoms with E-state index in [2.05, 4.69) is 10.6 Å². The Labute approximate surface area is 131 Å². The van der Waals surface area contributed by atoms with Gasteiger partial charge in [-0.05, 0) is 26.0 Å². The molecule has 2 amide bonds. The highest BCUT2D eigenvalue weighted by Crippen LogP contribution is 2.29. The van der Waals surface area contributed by atoms with Crippen LogP contribution in [0.1, 0.15) is 24.8 Å². The number of hydrogen-bond donors (Lipinski definition) is 3. The van der Waals surface area contributed by atoms with E-state index in [1.807, 2.05) is 13.0 Å². The van der Waals surface area contributed by atoms with Crippen LogP contribution in [0, 0.1) is 5.41 Å². The third-order valence-corrected chi connectivity index (χ3v) is 5.03. The summed E-state index contributed by atoms with van der Waals surface area (Å²) in [6.45, 7) is 3.68. The number of carbonyl (C=O) groups excluding carboxylic acids is 1. The van der Waals surface area contributed by atoms with Gasteiger partial charge in [0.2, 0.25) is 0 Å². The Balaban J connectivity index is 1.94. The lowest BCUT2D eigenvalue weighted by atomic mass is 9.85. The van der Waals surface area contributed by atoms with E-state index in [4.69, 9.17) is 16.3 Å². The molecule has 0 radical (unpaired) electrons. The summed E-state index contributed by atoms with van der Waals surface area (Å²) in [7, 11) is 0. The van der Waals surface area contributed by atoms with Crippen molar-refractivity contribution in [1.82, 2.24) is 10.6 Å². The number of aliphatic carboxylic acids is 1. The topological polar surface area (TPSA) is 87.7 Å². The number of ether oxygens (including phenoxy) is 1. The van der Waals surface area contributed by atoms with Gasteiger partial charge in [-0.2, -0.15) is 0 Å². The number of carboxylic acid groups (broad SMARTS) is 1. The molecule has 2 rings (SSSR count). The van der Waals surface area contributed by atoms with E-state index in [1.54, 1.807) is 13.0 Å². The smallest absolute Gasteiger partial charge is 0.315 e. The van der Waals surface area contributed by atoms with E-state index in [0.29, 0.717) is 4.34 Å². The molecule has 1 aromatic heterocycles. The number of hydrogen-bond acceptors (Lipinski definition) is 4. The van der Waals surface area contributed by atoms with Crippen LogP contribution in [-0.2, 0) is 9.53 Å². The van der Waals surface area contributed by atoms with E-state index < -0.39 is 23.5 Å². The summed E-state index contributed by atoms with van der Waals surface area (Å²) in [6.07, 6.45) is 0. The predicted octanol–water partition coefficient (Wildman–Crippen LogP) is 2.25. The fraction of sp³-hybridized carbons (Fsp3) is 0.538. The maximum atomic E-state index is 12.0. The molecule has 0 aromatic carbocycles. The molecule has 1 aliphatic heterocycles. The van der Waals surface area contributed by atoms with Crippen LogP contribution in [0.3, 0.4) is 0 Å². The normalized spacial score (nSPS) is 26.3. The van der Waals surface area contributed by atoms with Crippen molar-refractivity contribution in [3.8, 4) is 0 Å². The lowest BCUT2D eigenvalue weighted by molar-refractivity contribution is -0.148. The fourth-order valence-electron chi connectivity index (χ4n) is 2.11. The van der Waals surface area contributed by atoms with Crippen molar-refractivity contribution < 1.29 is 19.4 Å². The Morgan fingerprint density at radius 1 is 1.57 bits per heavy atom. The molecule has 2 heterocycles. The SMILES string of the molecule is CC(NC(=O)NC1COCC1(C)C(=O)O)c1ccc(Cl)s1. The Bertz CT molecular complexity index is 550. The number of carboxylic acids is 1. The molecule has 116 valence electrons. The van der Waals surface area contributed by atoms with Crippen molar-refractivity contribution in [2.45, 2.75) is 25.9 Å². The minimum atomic E-state index is -1.10. The maximum Gasteiger partial charge on any atom is 0.315 e. The third-order valence-electron chi connectivity index (χ3n) is 3.62. The first-order chi connectivity index (χ1) is 9.83. The molecule has 3 N–H and O–H groups in total. The summed E-state index contributed by atoms with van der Waals surface area (Å²) in [5.74, 6) is -0.983. The molecule has 0 spiro atoms. The first kappa shape index (κ1) is 16.1. The molecule has 1 fully saturated rings. The van der Waals surface area contributed by atoms with Crippen LogP contribution < -0.4 is 10.6 Å². The average Bonchev–Trinajstić information content (AvgIpc) is 2.97. The van der Waals surface area contributed by atoms with Crippen LogP contribution >= 0.6 is 22.9 Å². The van der Waals surface area contributed by atoms with Crippen molar-refractivity contribution in [3.05, 3.63) is 21.3 Å². The molecule has 6 nitrogen and oxygen atoms in total. The Morgan fingerprint density at radius 3 is 2.86 bits per heavy atom. The molecule has 8 heteroatoms. The first-order valence-electron chi connectivity index (χ1n) is 6.46. The number of nitrogens with one attached hydrogen (secondary N) is 2. The molecule has 21 heavy (non-hydrogen) atoms. The van der Waals surface area contributed by atoms with Gasteiger partial charge in [-0.1, -0.05) is 11.6 Å². The average molecular weight is 333 g/mol. The van der Waals surface area contributed by atoms with Crippen LogP contribution in [0.2, 0.25) is 4.34 Å². The Hall–Kier alpha value is -1.31. The van der Waals surface area contributed by atoms with E-state index in [9.17, 15) is 14.7 Å². The molecule has 1 aromatic rings. The third kappa shape index (κ3) is 3.48. The summed E-state index contributed by atoms with van der Waals surface area (Å²) in [5, 5.41) is 14.7. The zero-order valence-corrected chi connectivity index (χ0v) is 13.3. The summed E-state index contributed by atoms with van der Waals surface area (Å²) < 4.78 is 5.84. The number of rotatable bonds is 4. The lowest BCUT2D eigenvalue weighted by Gasteiger charge is -2.26. The quantitative estimate of drug-likeness (QED) is 0.789. The van der Waals surface area contributed by atoms with Gasteiger partial charge in [0.05, 0.1) is 29.6 Å². The Kier molecular flexibility index (Phi) is 4.75. The molecule has 3 unspecified atom stereocenters. The van der Waals surface area contributed by atoms with Crippen LogP contribution in [-0.4, -0.2) is 36.4 Å². The predicted molar refractivity (Wildman–Crippen MR) is 79.8 cm³/mol. The van der Waals surface area contributed by atoms with E-state index in [-0.39, 0.29) is 19.3 Å². The second-order valence-electron chi connectivity index (χ2n) is 5.27. The van der Waals surface area contributed by atoms with Gasteiger partial charge in [0.1, 0.15) is 5.41 Å². The van der Waals surface area contributed by atoms with Crippen molar-refractivity contribution >= 4 is 34.9 Å². The number of carbonyl (C=O) groups is 2. The number of urea groups is 1. The Morgan fingerprint density at radius 2 is 2.29 bits per heavy atom. The number of amides is 2. The van der Waals surface area contributed by atoms with Gasteiger partial charge in [0.25, 0.3) is 0 Å². The van der Waals surface area contributed by atoms with E-state index in [1.165, 1.54) is 11.3 Å². The highest BCUT2D eigenvalue weighted by molar-refractivity contribution is 7.16. The van der Waals surface area contributed by atoms with Crippen molar-refractivity contribution in [1.29, 1.82) is 0 Å². The second-order valence-corrected chi connectivity index (χ2v) is 7.02. The maximum absolute atomic E-state index is 12.0. The second kappa shape index (κ2) is 6.21. The standard InChI is InChI=1S/C13H17ClN2O4S/c1-7(8-3-4-10(14)21-8)15-12(19)16-9-5-20-6-13(9,2)11(17)18/h3-4,7,9H,5-6H2,1-2H3,(H,17,18)(H2,15,16,19). The van der Waals surface area contributed by atoms with Gasteiger partial charge >= 0.3 is 12.0 Å². The number of halogens is 1. The molecular formula is C13H17ClN2O4S. The summed E-state index contributed by atoms with van der Waals surface area (Å²) in [6, 6.07) is 2.42. The molecular weight excluding hydrogens is 316 g/mol. The molecule has 1 saturated heterocycles. The largest absolute Gasteiger partial charge is 0.481 e. The molecule has 0 aliphatic carbocycles. The minimum absolute atomic E-state index is 0.0867. The highest BCUT2D eigenvalue weighted by atomic mass is 35.5. The summed E-state index contributed by atoms with van der Waals surface area (Å²) in [4.78, 5) is 24.2. The van der Waals surface area contributed by atoms with Crippen molar-refractivity contribution in [3.63, 3.8) is 0 Å². The monoisotopic (exact) mass is 332 g/mol. The van der Waals surface area contributed by atoms with Crippen molar-refractivity contribution in [2.75, 3.05) is 13.2 Å². The van der Waals surface area contributed by atoms with Crippen LogP contribution in [0.5, 0.6) is 0 Å². The van der Waals surface area contributed by atoms with Gasteiger partial charge < -0.3 is 20.5 Å². The zero-order chi connectivity index (χ0) is 15.6. The summed E-state index contributed by atoms with van der Waals surface area (Å²) in [5.41, 5.74) is -1.10. The molecule has 1 aliphatic rings. The van der Waals surface area contributed by atoms with Gasteiger partial charge in [0, 0.05) is 4.88 Å². The van der Waals surface area contributed by atoms with Gasteiger partial charge in [-0.25, -0.2) is 4.79 Å². The van der Waals surface area contributed by atoms with Crippen LogP contribution in [0.25, 0.3) is 0 Å². The number of thiophene rings is 1. The molecule has 0 saturated carbocycles. The highest BCUT2D eigenvalue weighted by Gasteiger charge is 2.47. The van der Waals surface area contributed by atoms with Crippen LogP contribution in [0.4, 0.5) is 4.79 Å². The van der Waals surface area contributed by atoms with Gasteiger partial charge in [0.15, 0.2) is 0 Å². The van der Waals surface area contributed by atoms with Crippen LogP contribution in [0.15, 0.2) is 12.1 Å². The van der Waals surface area contributed by atoms with E-state index >= 15 is 0 Å². The van der Waals surface area contributed by atoms with Gasteiger partial charge in [-0.3, -0.25) is 4.79 Å². The lowest BCUT2D eigenvalue weighted by Crippen LogP contribution is -2.52. The molecule has 3 atom stereocenters. The van der Waals surface area contributed by atoms with Crippen molar-refractivity contribution in [2.24, 2.45) is 5.41 Å². The minimum Gasteiger partial charge on any atom is -0.481 e. The molecule has 0 bridgehead atoms. The fourth-order valence-corrected chi connectivity index (χ4v) is 3.18. The summed E-state index contributed by atoms with van der Waals surface area (Å²) >= 11 is 7.25. The van der Waals surface area contributed by atoms with Gasteiger partial charge in [-0.15, -0.1) is 11.3 Å².